The van der Waals surface area contributed by atoms with E-state index < -0.39 is 0 Å². The van der Waals surface area contributed by atoms with Crippen molar-refractivity contribution in [3.8, 4) is 11.3 Å². The Hall–Kier alpha value is -2.66. The average molecular weight is 341 g/mol. The van der Waals surface area contributed by atoms with Gasteiger partial charge in [-0.05, 0) is 18.2 Å². The highest BCUT2D eigenvalue weighted by Crippen LogP contribution is 2.28. The van der Waals surface area contributed by atoms with Gasteiger partial charge in [0.05, 0.1) is 17.5 Å². The molecule has 0 saturated heterocycles. The summed E-state index contributed by atoms with van der Waals surface area (Å²) in [7, 11) is 1.77. The molecule has 3 rings (SSSR count). The molecule has 3 aromatic rings. The number of benzene rings is 1. The van der Waals surface area contributed by atoms with Gasteiger partial charge in [0.15, 0.2) is 0 Å². The van der Waals surface area contributed by atoms with Crippen LogP contribution in [-0.4, -0.2) is 39.6 Å². The van der Waals surface area contributed by atoms with Gasteiger partial charge in [0.25, 0.3) is 5.91 Å². The van der Waals surface area contributed by atoms with Crippen LogP contribution in [0.15, 0.2) is 54.9 Å². The fourth-order valence-electron chi connectivity index (χ4n) is 2.45. The maximum absolute atomic E-state index is 12.7. The lowest BCUT2D eigenvalue weighted by Crippen LogP contribution is -2.29. The number of likely N-dealkylation sites (N-methyl/N-ethyl adjacent to an activating group) is 1. The molecular formula is C18H17ClN4O. The second kappa shape index (κ2) is 7.27. The lowest BCUT2D eigenvalue weighted by Gasteiger charge is -2.17. The molecule has 0 spiro atoms. The number of H-pyrrole nitrogens is 1. The third kappa shape index (κ3) is 3.46. The molecule has 1 amide bonds. The van der Waals surface area contributed by atoms with Gasteiger partial charge >= 0.3 is 0 Å². The number of aromatic amines is 1. The molecule has 0 aliphatic carbocycles. The first-order chi connectivity index (χ1) is 11.7. The summed E-state index contributed by atoms with van der Waals surface area (Å²) in [6.07, 6.45) is 3.99. The molecule has 122 valence electrons. The third-order valence-electron chi connectivity index (χ3n) is 3.79. The minimum Gasteiger partial charge on any atom is -0.341 e. The van der Waals surface area contributed by atoms with Crippen LogP contribution in [0.1, 0.15) is 16.1 Å². The number of aromatic nitrogens is 3. The molecule has 6 heteroatoms. The largest absolute Gasteiger partial charge is 0.341 e. The summed E-state index contributed by atoms with van der Waals surface area (Å²) in [6, 6.07) is 13.1. The molecule has 1 aromatic carbocycles. The lowest BCUT2D eigenvalue weighted by atomic mass is 10.1. The molecule has 0 radical (unpaired) electrons. The molecule has 0 unspecified atom stereocenters. The van der Waals surface area contributed by atoms with Crippen molar-refractivity contribution in [2.45, 2.75) is 6.42 Å². The molecule has 0 aliphatic heterocycles. The number of pyridine rings is 1. The van der Waals surface area contributed by atoms with Crippen LogP contribution in [0.25, 0.3) is 11.3 Å². The van der Waals surface area contributed by atoms with Crippen molar-refractivity contribution < 1.29 is 4.79 Å². The van der Waals surface area contributed by atoms with Gasteiger partial charge in [-0.1, -0.05) is 35.9 Å². The first kappa shape index (κ1) is 16.2. The van der Waals surface area contributed by atoms with Gasteiger partial charge in [-0.3, -0.25) is 14.9 Å². The van der Waals surface area contributed by atoms with E-state index in [4.69, 9.17) is 11.6 Å². The minimum absolute atomic E-state index is 0.102. The minimum atomic E-state index is -0.102. The molecule has 0 bridgehead atoms. The van der Waals surface area contributed by atoms with Crippen LogP contribution in [0, 0.1) is 0 Å². The maximum atomic E-state index is 12.7. The standard InChI is InChI=1S/C18H17ClN4O/c1-23(11-9-13-6-4-5-10-20-13)18(24)15-12-21-22-17(15)14-7-2-3-8-16(14)19/h2-8,10,12H,9,11H2,1H3,(H,21,22). The maximum Gasteiger partial charge on any atom is 0.257 e. The Morgan fingerprint density at radius 2 is 2.00 bits per heavy atom. The monoisotopic (exact) mass is 340 g/mol. The summed E-state index contributed by atoms with van der Waals surface area (Å²) in [5.41, 5.74) is 2.86. The van der Waals surface area contributed by atoms with Crippen molar-refractivity contribution in [2.75, 3.05) is 13.6 Å². The van der Waals surface area contributed by atoms with Crippen LogP contribution in [0.5, 0.6) is 0 Å². The molecule has 0 fully saturated rings. The van der Waals surface area contributed by atoms with Gasteiger partial charge in [0, 0.05) is 42.5 Å². The number of rotatable bonds is 5. The third-order valence-corrected chi connectivity index (χ3v) is 4.12. The molecular weight excluding hydrogens is 324 g/mol. The van der Waals surface area contributed by atoms with Crippen LogP contribution in [0.4, 0.5) is 0 Å². The van der Waals surface area contributed by atoms with Crippen molar-refractivity contribution in [3.63, 3.8) is 0 Å². The lowest BCUT2D eigenvalue weighted by molar-refractivity contribution is 0.0797. The molecule has 0 saturated carbocycles. The van der Waals surface area contributed by atoms with Crippen LogP contribution in [0.2, 0.25) is 5.02 Å². The van der Waals surface area contributed by atoms with E-state index in [0.29, 0.717) is 29.2 Å². The molecule has 0 aliphatic rings. The average Bonchev–Trinajstić information content (AvgIpc) is 3.09. The summed E-state index contributed by atoms with van der Waals surface area (Å²) in [5.74, 6) is -0.102. The van der Waals surface area contributed by atoms with Crippen molar-refractivity contribution in [1.82, 2.24) is 20.1 Å². The van der Waals surface area contributed by atoms with Gasteiger partial charge in [0.2, 0.25) is 0 Å². The molecule has 2 heterocycles. The summed E-state index contributed by atoms with van der Waals surface area (Å²) >= 11 is 6.23. The Labute approximate surface area is 145 Å². The van der Waals surface area contributed by atoms with Gasteiger partial charge in [-0.2, -0.15) is 5.10 Å². The zero-order valence-electron chi connectivity index (χ0n) is 13.2. The van der Waals surface area contributed by atoms with Crippen LogP contribution >= 0.6 is 11.6 Å². The predicted molar refractivity (Wildman–Crippen MR) is 93.9 cm³/mol. The topological polar surface area (TPSA) is 61.9 Å². The fourth-order valence-corrected chi connectivity index (χ4v) is 2.68. The van der Waals surface area contributed by atoms with Crippen molar-refractivity contribution in [1.29, 1.82) is 0 Å². The van der Waals surface area contributed by atoms with Crippen molar-refractivity contribution >= 4 is 17.5 Å². The molecule has 1 N–H and O–H groups in total. The number of halogens is 1. The van der Waals surface area contributed by atoms with E-state index in [2.05, 4.69) is 15.2 Å². The highest BCUT2D eigenvalue weighted by Gasteiger charge is 2.20. The number of hydrogen-bond donors (Lipinski definition) is 1. The second-order valence-electron chi connectivity index (χ2n) is 5.44. The molecule has 0 atom stereocenters. The number of nitrogens with zero attached hydrogens (tertiary/aromatic N) is 3. The van der Waals surface area contributed by atoms with Crippen molar-refractivity contribution in [3.05, 3.63) is 71.1 Å². The molecule has 5 nitrogen and oxygen atoms in total. The van der Waals surface area contributed by atoms with Gasteiger partial charge in [0.1, 0.15) is 0 Å². The van der Waals surface area contributed by atoms with E-state index >= 15 is 0 Å². The number of carbonyl (C=O) groups is 1. The Kier molecular flexibility index (Phi) is 4.91. The fraction of sp³-hybridized carbons (Fsp3) is 0.167. The predicted octanol–water partition coefficient (Wildman–Crippen LogP) is 3.44. The van der Waals surface area contributed by atoms with Crippen LogP contribution < -0.4 is 0 Å². The Morgan fingerprint density at radius 1 is 1.21 bits per heavy atom. The zero-order chi connectivity index (χ0) is 16.9. The number of hydrogen-bond acceptors (Lipinski definition) is 3. The van der Waals surface area contributed by atoms with Gasteiger partial charge < -0.3 is 4.90 Å². The Morgan fingerprint density at radius 3 is 2.75 bits per heavy atom. The summed E-state index contributed by atoms with van der Waals surface area (Å²) in [5, 5.41) is 7.47. The zero-order valence-corrected chi connectivity index (χ0v) is 14.0. The highest BCUT2D eigenvalue weighted by atomic mass is 35.5. The quantitative estimate of drug-likeness (QED) is 0.774. The van der Waals surface area contributed by atoms with E-state index in [0.717, 1.165) is 11.3 Å². The number of nitrogens with one attached hydrogen (secondary N) is 1. The summed E-state index contributed by atoms with van der Waals surface area (Å²) < 4.78 is 0. The van der Waals surface area contributed by atoms with E-state index in [-0.39, 0.29) is 5.91 Å². The SMILES string of the molecule is CN(CCc1ccccn1)C(=O)c1cn[nH]c1-c1ccccc1Cl. The van der Waals surface area contributed by atoms with E-state index in [1.165, 1.54) is 6.20 Å². The first-order valence-electron chi connectivity index (χ1n) is 7.60. The smallest absolute Gasteiger partial charge is 0.257 e. The van der Waals surface area contributed by atoms with Gasteiger partial charge in [-0.25, -0.2) is 0 Å². The number of amides is 1. The van der Waals surface area contributed by atoms with E-state index in [1.807, 2.05) is 36.4 Å². The van der Waals surface area contributed by atoms with E-state index in [1.54, 1.807) is 24.2 Å². The number of carbonyl (C=O) groups excluding carboxylic acids is 1. The first-order valence-corrected chi connectivity index (χ1v) is 7.98. The Bertz CT molecular complexity index is 832. The van der Waals surface area contributed by atoms with E-state index in [9.17, 15) is 4.79 Å². The molecule has 2 aromatic heterocycles. The molecule has 24 heavy (non-hydrogen) atoms. The second-order valence-corrected chi connectivity index (χ2v) is 5.84. The Balaban J connectivity index is 1.76. The highest BCUT2D eigenvalue weighted by molar-refractivity contribution is 6.33. The van der Waals surface area contributed by atoms with Gasteiger partial charge in [-0.15, -0.1) is 0 Å². The normalized spacial score (nSPS) is 10.6. The van der Waals surface area contributed by atoms with Crippen molar-refractivity contribution in [2.24, 2.45) is 0 Å². The van der Waals surface area contributed by atoms with Crippen LogP contribution in [0.3, 0.4) is 0 Å². The summed E-state index contributed by atoms with van der Waals surface area (Å²) in [4.78, 5) is 18.7. The van der Waals surface area contributed by atoms with Crippen LogP contribution in [-0.2, 0) is 6.42 Å². The summed E-state index contributed by atoms with van der Waals surface area (Å²) in [6.45, 7) is 0.572.